The van der Waals surface area contributed by atoms with Crippen molar-refractivity contribution in [2.75, 3.05) is 17.2 Å². The van der Waals surface area contributed by atoms with Crippen molar-refractivity contribution in [1.29, 1.82) is 0 Å². The van der Waals surface area contributed by atoms with Crippen LogP contribution in [0.4, 0.5) is 15.8 Å². The molecule has 0 saturated heterocycles. The minimum absolute atomic E-state index is 0.130. The maximum Gasteiger partial charge on any atom is 0.346 e. The van der Waals surface area contributed by atoms with E-state index in [4.69, 9.17) is 9.47 Å². The number of nitrogens with zero attached hydrogens (tertiary/aromatic N) is 1. The van der Waals surface area contributed by atoms with Crippen LogP contribution in [0.15, 0.2) is 102 Å². The van der Waals surface area contributed by atoms with Gasteiger partial charge in [-0.05, 0) is 85.3 Å². The van der Waals surface area contributed by atoms with E-state index in [1.54, 1.807) is 48.5 Å². The van der Waals surface area contributed by atoms with Crippen molar-refractivity contribution in [2.45, 2.75) is 6.92 Å². The molecule has 0 aliphatic rings. The molecule has 10 nitrogen and oxygen atoms in total. The Hall–Kier alpha value is -5.84. The second-order valence-corrected chi connectivity index (χ2v) is 8.55. The number of amides is 3. The van der Waals surface area contributed by atoms with E-state index in [-0.39, 0.29) is 22.6 Å². The number of carbonyl (C=O) groups excluding carboxylic acids is 4. The van der Waals surface area contributed by atoms with Crippen LogP contribution in [0, 0.1) is 5.82 Å². The Balaban J connectivity index is 1.30. The van der Waals surface area contributed by atoms with Crippen LogP contribution >= 0.6 is 0 Å². The molecular weight excluding hydrogens is 543 g/mol. The Morgan fingerprint density at radius 2 is 1.40 bits per heavy atom. The lowest BCUT2D eigenvalue weighted by Crippen LogP contribution is -2.33. The second-order valence-electron chi connectivity index (χ2n) is 8.55. The third kappa shape index (κ3) is 7.85. The standard InChI is InChI=1S/C31H25FN4O6/c1-2-41-22-17-13-21(14-18-22)34-28(37)25-8-4-6-10-27(25)35-29(38)30(39)36-33-19-20-11-15-23(16-12-20)42-31(40)24-7-3-5-9-26(24)32/h3-19H,2H2,1H3,(H,34,37)(H,35,38)(H,36,39). The third-order valence-electron chi connectivity index (χ3n) is 5.61. The molecule has 11 heteroatoms. The average molecular weight is 569 g/mol. The van der Waals surface area contributed by atoms with Gasteiger partial charge in [-0.3, -0.25) is 14.4 Å². The molecule has 4 aromatic rings. The summed E-state index contributed by atoms with van der Waals surface area (Å²) >= 11 is 0. The van der Waals surface area contributed by atoms with E-state index in [0.717, 1.165) is 6.07 Å². The molecule has 0 aromatic heterocycles. The summed E-state index contributed by atoms with van der Waals surface area (Å²) in [5.41, 5.74) is 3.22. The Morgan fingerprint density at radius 3 is 2.10 bits per heavy atom. The molecule has 3 N–H and O–H groups in total. The summed E-state index contributed by atoms with van der Waals surface area (Å²) in [5, 5.41) is 8.90. The van der Waals surface area contributed by atoms with Gasteiger partial charge in [-0.1, -0.05) is 24.3 Å². The smallest absolute Gasteiger partial charge is 0.346 e. The Kier molecular flexibility index (Phi) is 9.71. The molecule has 0 saturated carbocycles. The highest BCUT2D eigenvalue weighted by Crippen LogP contribution is 2.20. The fraction of sp³-hybridized carbons (Fsp3) is 0.0645. The summed E-state index contributed by atoms with van der Waals surface area (Å²) in [6.07, 6.45) is 1.27. The van der Waals surface area contributed by atoms with E-state index in [1.165, 1.54) is 48.7 Å². The van der Waals surface area contributed by atoms with Crippen molar-refractivity contribution in [3.05, 3.63) is 120 Å². The lowest BCUT2D eigenvalue weighted by molar-refractivity contribution is -0.136. The van der Waals surface area contributed by atoms with Crippen LogP contribution in [0.5, 0.6) is 11.5 Å². The summed E-state index contributed by atoms with van der Waals surface area (Å²) in [5.74, 6) is -3.29. The first-order valence-electron chi connectivity index (χ1n) is 12.7. The van der Waals surface area contributed by atoms with Crippen LogP contribution in [0.25, 0.3) is 0 Å². The van der Waals surface area contributed by atoms with Gasteiger partial charge in [0.1, 0.15) is 17.3 Å². The van der Waals surface area contributed by atoms with Crippen LogP contribution in [0.2, 0.25) is 0 Å². The number of anilines is 2. The first-order valence-corrected chi connectivity index (χ1v) is 12.7. The van der Waals surface area contributed by atoms with Crippen LogP contribution in [-0.4, -0.2) is 36.5 Å². The number of hydrazone groups is 1. The zero-order valence-electron chi connectivity index (χ0n) is 22.3. The Morgan fingerprint density at radius 1 is 0.762 bits per heavy atom. The van der Waals surface area contributed by atoms with Crippen LogP contribution in [0.1, 0.15) is 33.2 Å². The van der Waals surface area contributed by atoms with Crippen molar-refractivity contribution in [1.82, 2.24) is 5.43 Å². The van der Waals surface area contributed by atoms with E-state index in [0.29, 0.717) is 23.6 Å². The van der Waals surface area contributed by atoms with E-state index in [1.807, 2.05) is 6.92 Å². The maximum absolute atomic E-state index is 13.8. The summed E-state index contributed by atoms with van der Waals surface area (Å²) < 4.78 is 24.3. The number of esters is 1. The molecule has 0 bridgehead atoms. The molecule has 212 valence electrons. The summed E-state index contributed by atoms with van der Waals surface area (Å²) in [7, 11) is 0. The Bertz CT molecular complexity index is 1620. The van der Waals surface area contributed by atoms with Crippen molar-refractivity contribution >= 4 is 41.3 Å². The number of nitrogens with one attached hydrogen (secondary N) is 3. The summed E-state index contributed by atoms with van der Waals surface area (Å²) in [6, 6.07) is 24.5. The molecule has 0 spiro atoms. The number of para-hydroxylation sites is 1. The first kappa shape index (κ1) is 29.2. The zero-order valence-corrected chi connectivity index (χ0v) is 22.3. The van der Waals surface area contributed by atoms with E-state index in [9.17, 15) is 23.6 Å². The molecule has 0 heterocycles. The highest BCUT2D eigenvalue weighted by atomic mass is 19.1. The summed E-state index contributed by atoms with van der Waals surface area (Å²) in [4.78, 5) is 49.7. The molecule has 0 unspecified atom stereocenters. The van der Waals surface area contributed by atoms with Gasteiger partial charge in [0.15, 0.2) is 0 Å². The minimum Gasteiger partial charge on any atom is -0.494 e. The van der Waals surface area contributed by atoms with Crippen LogP contribution in [0.3, 0.4) is 0 Å². The molecule has 3 amide bonds. The molecule has 0 aliphatic heterocycles. The number of benzene rings is 4. The predicted molar refractivity (Wildman–Crippen MR) is 154 cm³/mol. The summed E-state index contributed by atoms with van der Waals surface area (Å²) in [6.45, 7) is 2.38. The van der Waals surface area contributed by atoms with Gasteiger partial charge in [0, 0.05) is 5.69 Å². The zero-order chi connectivity index (χ0) is 29.9. The van der Waals surface area contributed by atoms with E-state index < -0.39 is 29.5 Å². The number of hydrogen-bond donors (Lipinski definition) is 3. The fourth-order valence-corrected chi connectivity index (χ4v) is 3.60. The van der Waals surface area contributed by atoms with Crippen molar-refractivity contribution in [2.24, 2.45) is 5.10 Å². The highest BCUT2D eigenvalue weighted by molar-refractivity contribution is 6.40. The lowest BCUT2D eigenvalue weighted by atomic mass is 10.1. The average Bonchev–Trinajstić information content (AvgIpc) is 2.99. The number of halogens is 1. The number of rotatable bonds is 9. The van der Waals surface area contributed by atoms with Gasteiger partial charge in [-0.2, -0.15) is 5.10 Å². The molecule has 4 aromatic carbocycles. The van der Waals surface area contributed by atoms with Crippen molar-refractivity contribution in [3.63, 3.8) is 0 Å². The highest BCUT2D eigenvalue weighted by Gasteiger charge is 2.18. The largest absolute Gasteiger partial charge is 0.494 e. The number of hydrogen-bond acceptors (Lipinski definition) is 7. The van der Waals surface area contributed by atoms with Gasteiger partial charge in [0.05, 0.1) is 29.6 Å². The Labute approximate surface area is 240 Å². The van der Waals surface area contributed by atoms with Crippen molar-refractivity contribution in [3.8, 4) is 11.5 Å². The first-order chi connectivity index (χ1) is 20.3. The normalized spacial score (nSPS) is 10.5. The lowest BCUT2D eigenvalue weighted by Gasteiger charge is -2.11. The quantitative estimate of drug-likeness (QED) is 0.0874. The van der Waals surface area contributed by atoms with Gasteiger partial charge in [0.25, 0.3) is 5.91 Å². The molecule has 0 fully saturated rings. The SMILES string of the molecule is CCOc1ccc(NC(=O)c2ccccc2NC(=O)C(=O)NN=Cc2ccc(OC(=O)c3ccccc3F)cc2)cc1. The van der Waals surface area contributed by atoms with Crippen LogP contribution < -0.4 is 25.5 Å². The monoisotopic (exact) mass is 568 g/mol. The minimum atomic E-state index is -1.07. The molecule has 0 radical (unpaired) electrons. The topological polar surface area (TPSA) is 135 Å². The van der Waals surface area contributed by atoms with E-state index >= 15 is 0 Å². The molecule has 0 aliphatic carbocycles. The van der Waals surface area contributed by atoms with Gasteiger partial charge in [-0.25, -0.2) is 14.6 Å². The van der Waals surface area contributed by atoms with Gasteiger partial charge < -0.3 is 20.1 Å². The maximum atomic E-state index is 13.8. The molecule has 0 atom stereocenters. The molecular formula is C31H25FN4O6. The third-order valence-corrected chi connectivity index (χ3v) is 5.61. The predicted octanol–water partition coefficient (Wildman–Crippen LogP) is 4.78. The van der Waals surface area contributed by atoms with Crippen LogP contribution in [-0.2, 0) is 9.59 Å². The second kappa shape index (κ2) is 14.0. The number of carbonyl (C=O) groups is 4. The fourth-order valence-electron chi connectivity index (χ4n) is 3.60. The molecule has 42 heavy (non-hydrogen) atoms. The van der Waals surface area contributed by atoms with Gasteiger partial charge in [0.2, 0.25) is 0 Å². The number of ether oxygens (including phenoxy) is 2. The van der Waals surface area contributed by atoms with E-state index in [2.05, 4.69) is 21.2 Å². The molecule has 4 rings (SSSR count). The van der Waals surface area contributed by atoms with Crippen molar-refractivity contribution < 1.29 is 33.0 Å². The van der Waals surface area contributed by atoms with Gasteiger partial charge in [-0.15, -0.1) is 0 Å². The van der Waals surface area contributed by atoms with Gasteiger partial charge >= 0.3 is 17.8 Å².